The van der Waals surface area contributed by atoms with Crippen LogP contribution >= 0.6 is 11.6 Å². The van der Waals surface area contributed by atoms with Gasteiger partial charge in [-0.1, -0.05) is 18.5 Å². The van der Waals surface area contributed by atoms with Crippen LogP contribution in [-0.4, -0.2) is 18.2 Å². The molecule has 1 heterocycles. The van der Waals surface area contributed by atoms with Crippen molar-refractivity contribution in [1.82, 2.24) is 14.5 Å². The zero-order chi connectivity index (χ0) is 15.6. The van der Waals surface area contributed by atoms with Gasteiger partial charge in [0.05, 0.1) is 11.4 Å². The highest BCUT2D eigenvalue weighted by molar-refractivity contribution is 7.89. The van der Waals surface area contributed by atoms with Gasteiger partial charge in [0.15, 0.2) is 0 Å². The molecule has 0 aliphatic carbocycles. The lowest BCUT2D eigenvalue weighted by Crippen LogP contribution is -2.24. The monoisotopic (exact) mass is 328 g/mol. The molecule has 8 heteroatoms. The van der Waals surface area contributed by atoms with Gasteiger partial charge in [-0.05, 0) is 24.6 Å². The second-order valence-corrected chi connectivity index (χ2v) is 6.81. The van der Waals surface area contributed by atoms with Crippen molar-refractivity contribution in [3.05, 3.63) is 40.7 Å². The molecule has 2 aromatic rings. The Bertz CT molecular complexity index is 756. The first-order chi connectivity index (χ1) is 9.83. The quantitative estimate of drug-likeness (QED) is 0.817. The third kappa shape index (κ3) is 3.55. The van der Waals surface area contributed by atoms with Crippen LogP contribution in [0.3, 0.4) is 0 Å². The highest BCUT2D eigenvalue weighted by atomic mass is 35.5. The predicted molar refractivity (Wildman–Crippen MR) is 82.5 cm³/mol. The predicted octanol–water partition coefficient (Wildman–Crippen LogP) is 1.70. The second kappa shape index (κ2) is 6.05. The molecule has 0 atom stereocenters. The van der Waals surface area contributed by atoms with E-state index in [2.05, 4.69) is 9.82 Å². The number of nitrogens with one attached hydrogen (secondary N) is 1. The summed E-state index contributed by atoms with van der Waals surface area (Å²) in [6.07, 6.45) is 2.53. The van der Waals surface area contributed by atoms with Crippen LogP contribution in [0, 0.1) is 0 Å². The van der Waals surface area contributed by atoms with Crippen LogP contribution in [0.1, 0.15) is 18.2 Å². The Morgan fingerprint density at radius 1 is 1.43 bits per heavy atom. The maximum atomic E-state index is 12.3. The van der Waals surface area contributed by atoms with Gasteiger partial charge in [-0.3, -0.25) is 4.68 Å². The number of anilines is 1. The van der Waals surface area contributed by atoms with Gasteiger partial charge in [0.2, 0.25) is 10.0 Å². The van der Waals surface area contributed by atoms with Crippen LogP contribution in [0.15, 0.2) is 29.3 Å². The summed E-state index contributed by atoms with van der Waals surface area (Å²) in [4.78, 5) is -0.0167. The van der Waals surface area contributed by atoms with Crippen molar-refractivity contribution in [3.63, 3.8) is 0 Å². The molecule has 2 rings (SSSR count). The fraction of sp³-hybridized carbons (Fsp3) is 0.308. The fourth-order valence-corrected chi connectivity index (χ4v) is 3.42. The van der Waals surface area contributed by atoms with E-state index < -0.39 is 10.0 Å². The largest absolute Gasteiger partial charge is 0.398 e. The Labute approximate surface area is 129 Å². The number of aromatic nitrogens is 2. The molecule has 6 nitrogen and oxygen atoms in total. The van der Waals surface area contributed by atoms with E-state index in [1.807, 2.05) is 6.92 Å². The molecule has 1 aromatic heterocycles. The second-order valence-electron chi connectivity index (χ2n) is 4.63. The first kappa shape index (κ1) is 15.8. The van der Waals surface area contributed by atoms with Crippen molar-refractivity contribution in [3.8, 4) is 0 Å². The molecule has 0 fully saturated rings. The van der Waals surface area contributed by atoms with Crippen molar-refractivity contribution in [2.24, 2.45) is 7.05 Å². The number of halogens is 1. The van der Waals surface area contributed by atoms with E-state index in [1.165, 1.54) is 12.1 Å². The lowest BCUT2D eigenvalue weighted by molar-refractivity contribution is 0.581. The summed E-state index contributed by atoms with van der Waals surface area (Å²) in [5.41, 5.74) is 7.57. The molecule has 0 saturated heterocycles. The fourth-order valence-electron chi connectivity index (χ4n) is 2.02. The van der Waals surface area contributed by atoms with Gasteiger partial charge in [0.25, 0.3) is 0 Å². The smallest absolute Gasteiger partial charge is 0.242 e. The van der Waals surface area contributed by atoms with E-state index >= 15 is 0 Å². The lowest BCUT2D eigenvalue weighted by Gasteiger charge is -2.09. The third-order valence-electron chi connectivity index (χ3n) is 3.04. The van der Waals surface area contributed by atoms with Crippen molar-refractivity contribution in [2.75, 3.05) is 5.73 Å². The number of hydrogen-bond donors (Lipinski definition) is 2. The van der Waals surface area contributed by atoms with E-state index in [9.17, 15) is 8.42 Å². The molecule has 3 N–H and O–H groups in total. The summed E-state index contributed by atoms with van der Waals surface area (Å²) in [5.74, 6) is 0. The molecule has 1 aromatic carbocycles. The molecule has 0 amide bonds. The van der Waals surface area contributed by atoms with Crippen LogP contribution in [-0.2, 0) is 30.0 Å². The summed E-state index contributed by atoms with van der Waals surface area (Å²) in [6, 6.07) is 4.36. The number of aryl methyl sites for hydroxylation is 2. The van der Waals surface area contributed by atoms with Crippen LogP contribution in [0.4, 0.5) is 5.69 Å². The number of nitrogens with zero attached hydrogens (tertiary/aromatic N) is 2. The standard InChI is InChI=1S/C13H17ClN4O2S/c1-3-12-9(8-18(2)17-12)7-16-21(19,20)13-6-10(14)4-5-11(13)15/h4-6,8,16H,3,7,15H2,1-2H3. The molecule has 0 bridgehead atoms. The van der Waals surface area contributed by atoms with Crippen LogP contribution in [0.25, 0.3) is 0 Å². The minimum absolute atomic E-state index is 0.0167. The Kier molecular flexibility index (Phi) is 4.55. The van der Waals surface area contributed by atoms with E-state index in [-0.39, 0.29) is 17.1 Å². The molecule has 0 aliphatic rings. The molecular formula is C13H17ClN4O2S. The van der Waals surface area contributed by atoms with Gasteiger partial charge < -0.3 is 5.73 Å². The van der Waals surface area contributed by atoms with Crippen molar-refractivity contribution in [2.45, 2.75) is 24.8 Å². The number of sulfonamides is 1. The average Bonchev–Trinajstić information content (AvgIpc) is 2.79. The summed E-state index contributed by atoms with van der Waals surface area (Å²) >= 11 is 5.83. The lowest BCUT2D eigenvalue weighted by atomic mass is 10.2. The topological polar surface area (TPSA) is 90.0 Å². The van der Waals surface area contributed by atoms with Crippen LogP contribution < -0.4 is 10.5 Å². The number of rotatable bonds is 5. The molecule has 0 saturated carbocycles. The van der Waals surface area contributed by atoms with Gasteiger partial charge in [-0.25, -0.2) is 13.1 Å². The Morgan fingerprint density at radius 2 is 2.14 bits per heavy atom. The van der Waals surface area contributed by atoms with E-state index in [1.54, 1.807) is 24.0 Å². The number of benzene rings is 1. The molecular weight excluding hydrogens is 312 g/mol. The van der Waals surface area contributed by atoms with Crippen molar-refractivity contribution >= 4 is 27.3 Å². The Morgan fingerprint density at radius 3 is 2.81 bits per heavy atom. The summed E-state index contributed by atoms with van der Waals surface area (Å²) in [6.45, 7) is 2.13. The highest BCUT2D eigenvalue weighted by Crippen LogP contribution is 2.22. The third-order valence-corrected chi connectivity index (χ3v) is 4.74. The normalized spacial score (nSPS) is 11.8. The molecule has 0 unspecified atom stereocenters. The maximum absolute atomic E-state index is 12.3. The molecule has 0 spiro atoms. The van der Waals surface area contributed by atoms with E-state index in [0.717, 1.165) is 17.7 Å². The van der Waals surface area contributed by atoms with Gasteiger partial charge in [-0.2, -0.15) is 5.10 Å². The summed E-state index contributed by atoms with van der Waals surface area (Å²) < 4.78 is 28.8. The van der Waals surface area contributed by atoms with E-state index in [4.69, 9.17) is 17.3 Å². The molecule has 0 aliphatic heterocycles. The van der Waals surface area contributed by atoms with Gasteiger partial charge in [0, 0.05) is 30.4 Å². The maximum Gasteiger partial charge on any atom is 0.242 e. The molecule has 21 heavy (non-hydrogen) atoms. The average molecular weight is 329 g/mol. The minimum Gasteiger partial charge on any atom is -0.398 e. The van der Waals surface area contributed by atoms with Crippen LogP contribution in [0.2, 0.25) is 5.02 Å². The Balaban J connectivity index is 2.23. The van der Waals surface area contributed by atoms with Crippen molar-refractivity contribution in [1.29, 1.82) is 0 Å². The SMILES string of the molecule is CCc1nn(C)cc1CNS(=O)(=O)c1cc(Cl)ccc1N. The molecule has 0 radical (unpaired) electrons. The van der Waals surface area contributed by atoms with Gasteiger partial charge in [0.1, 0.15) is 4.90 Å². The first-order valence-corrected chi connectivity index (χ1v) is 8.25. The number of nitrogens with two attached hydrogens (primary N) is 1. The minimum atomic E-state index is -3.72. The first-order valence-electron chi connectivity index (χ1n) is 6.39. The molecule has 114 valence electrons. The zero-order valence-electron chi connectivity index (χ0n) is 11.8. The number of hydrogen-bond acceptors (Lipinski definition) is 4. The number of nitrogen functional groups attached to an aromatic ring is 1. The summed E-state index contributed by atoms with van der Waals surface area (Å²) in [5, 5.41) is 4.59. The highest BCUT2D eigenvalue weighted by Gasteiger charge is 2.18. The summed E-state index contributed by atoms with van der Waals surface area (Å²) in [7, 11) is -1.93. The van der Waals surface area contributed by atoms with E-state index in [0.29, 0.717) is 5.02 Å². The van der Waals surface area contributed by atoms with Crippen molar-refractivity contribution < 1.29 is 8.42 Å². The van der Waals surface area contributed by atoms with Gasteiger partial charge in [-0.15, -0.1) is 0 Å². The van der Waals surface area contributed by atoms with Gasteiger partial charge >= 0.3 is 0 Å². The Hall–Kier alpha value is -1.57. The van der Waals surface area contributed by atoms with Crippen LogP contribution in [0.5, 0.6) is 0 Å². The zero-order valence-corrected chi connectivity index (χ0v) is 13.4.